The Morgan fingerprint density at radius 3 is 2.24 bits per heavy atom. The largest absolute Gasteiger partial charge is 0.450 e. The quantitative estimate of drug-likeness (QED) is 0.499. The standard InChI is InChI=1S/C12H10N4O5/c13-7-1-2-11(16(19)20)12(5-7)21-10-4-8(14)3-9(6-10)15(17)18/h1-6H,13-14H2. The number of nitro groups is 2. The molecule has 0 unspecified atom stereocenters. The normalized spacial score (nSPS) is 10.1. The smallest absolute Gasteiger partial charge is 0.311 e. The van der Waals surface area contributed by atoms with Crippen molar-refractivity contribution in [3.63, 3.8) is 0 Å². The maximum atomic E-state index is 10.9. The van der Waals surface area contributed by atoms with Crippen molar-refractivity contribution in [1.82, 2.24) is 0 Å². The molecule has 0 atom stereocenters. The molecule has 9 heteroatoms. The highest BCUT2D eigenvalue weighted by Gasteiger charge is 2.17. The lowest BCUT2D eigenvalue weighted by Crippen LogP contribution is -1.97. The molecule has 9 nitrogen and oxygen atoms in total. The Balaban J connectivity index is 2.45. The molecule has 0 aliphatic rings. The average Bonchev–Trinajstić information content (AvgIpc) is 2.37. The number of nitrogens with two attached hydrogens (primary N) is 2. The molecule has 2 rings (SSSR count). The van der Waals surface area contributed by atoms with Crippen LogP contribution in [-0.2, 0) is 0 Å². The molecular weight excluding hydrogens is 280 g/mol. The van der Waals surface area contributed by atoms with E-state index < -0.39 is 9.85 Å². The van der Waals surface area contributed by atoms with E-state index in [-0.39, 0.29) is 34.2 Å². The molecular formula is C12H10N4O5. The second-order valence-corrected chi connectivity index (χ2v) is 4.10. The molecule has 0 saturated carbocycles. The van der Waals surface area contributed by atoms with Gasteiger partial charge in [-0.15, -0.1) is 0 Å². The molecule has 0 aliphatic carbocycles. The van der Waals surface area contributed by atoms with Crippen LogP contribution >= 0.6 is 0 Å². The van der Waals surface area contributed by atoms with E-state index in [9.17, 15) is 20.2 Å². The third kappa shape index (κ3) is 3.15. The SMILES string of the molecule is Nc1cc(Oc2cc(N)ccc2[N+](=O)[O-])cc([N+](=O)[O-])c1. The van der Waals surface area contributed by atoms with Gasteiger partial charge in [-0.25, -0.2) is 0 Å². The minimum atomic E-state index is -0.643. The van der Waals surface area contributed by atoms with Crippen LogP contribution in [0.4, 0.5) is 22.7 Å². The molecule has 0 spiro atoms. The average molecular weight is 290 g/mol. The van der Waals surface area contributed by atoms with Crippen molar-refractivity contribution >= 4 is 22.7 Å². The summed E-state index contributed by atoms with van der Waals surface area (Å²) in [6.07, 6.45) is 0. The summed E-state index contributed by atoms with van der Waals surface area (Å²) >= 11 is 0. The van der Waals surface area contributed by atoms with Crippen molar-refractivity contribution in [2.75, 3.05) is 11.5 Å². The highest BCUT2D eigenvalue weighted by atomic mass is 16.6. The monoisotopic (exact) mass is 290 g/mol. The summed E-state index contributed by atoms with van der Waals surface area (Å²) in [4.78, 5) is 20.4. The van der Waals surface area contributed by atoms with Crippen molar-refractivity contribution in [1.29, 1.82) is 0 Å². The van der Waals surface area contributed by atoms with E-state index in [1.54, 1.807) is 0 Å². The lowest BCUT2D eigenvalue weighted by molar-refractivity contribution is -0.386. The van der Waals surface area contributed by atoms with E-state index in [2.05, 4.69) is 0 Å². The minimum Gasteiger partial charge on any atom is -0.450 e. The first-order valence-corrected chi connectivity index (χ1v) is 5.63. The molecule has 4 N–H and O–H groups in total. The van der Waals surface area contributed by atoms with Gasteiger partial charge in [0.05, 0.1) is 15.9 Å². The van der Waals surface area contributed by atoms with Crippen molar-refractivity contribution in [3.05, 3.63) is 56.6 Å². The van der Waals surface area contributed by atoms with E-state index in [1.807, 2.05) is 0 Å². The van der Waals surface area contributed by atoms with Gasteiger partial charge in [-0.2, -0.15) is 0 Å². The summed E-state index contributed by atoms with van der Waals surface area (Å²) in [5.41, 5.74) is 10.9. The molecule has 0 heterocycles. The van der Waals surface area contributed by atoms with E-state index in [1.165, 1.54) is 24.3 Å². The van der Waals surface area contributed by atoms with Gasteiger partial charge in [0.15, 0.2) is 0 Å². The van der Waals surface area contributed by atoms with Gasteiger partial charge in [0.25, 0.3) is 5.69 Å². The number of nitro benzene ring substituents is 2. The number of rotatable bonds is 4. The number of nitrogens with zero attached hydrogens (tertiary/aromatic N) is 2. The lowest BCUT2D eigenvalue weighted by Gasteiger charge is -2.07. The van der Waals surface area contributed by atoms with Gasteiger partial charge in [0.2, 0.25) is 5.75 Å². The van der Waals surface area contributed by atoms with Crippen LogP contribution in [0.25, 0.3) is 0 Å². The molecule has 0 aromatic heterocycles. The second-order valence-electron chi connectivity index (χ2n) is 4.10. The topological polar surface area (TPSA) is 148 Å². The fourth-order valence-corrected chi connectivity index (χ4v) is 1.66. The Labute approximate surface area is 118 Å². The molecule has 2 aromatic rings. The first-order chi connectivity index (χ1) is 9.86. The number of benzene rings is 2. The van der Waals surface area contributed by atoms with Gasteiger partial charge in [0, 0.05) is 35.6 Å². The fraction of sp³-hybridized carbons (Fsp3) is 0. The van der Waals surface area contributed by atoms with Gasteiger partial charge < -0.3 is 16.2 Å². The van der Waals surface area contributed by atoms with Gasteiger partial charge >= 0.3 is 5.69 Å². The molecule has 0 radical (unpaired) electrons. The molecule has 0 bridgehead atoms. The molecule has 108 valence electrons. The Morgan fingerprint density at radius 1 is 0.905 bits per heavy atom. The van der Waals surface area contributed by atoms with Crippen LogP contribution in [0, 0.1) is 20.2 Å². The number of anilines is 2. The predicted molar refractivity (Wildman–Crippen MR) is 75.1 cm³/mol. The number of hydrogen-bond donors (Lipinski definition) is 2. The number of hydrogen-bond acceptors (Lipinski definition) is 7. The van der Waals surface area contributed by atoms with E-state index in [0.29, 0.717) is 0 Å². The second kappa shape index (κ2) is 5.33. The summed E-state index contributed by atoms with van der Waals surface area (Å²) in [5.74, 6) is -0.115. The van der Waals surface area contributed by atoms with E-state index in [4.69, 9.17) is 16.2 Å². The van der Waals surface area contributed by atoms with Crippen molar-refractivity contribution in [2.45, 2.75) is 0 Å². The molecule has 2 aromatic carbocycles. The predicted octanol–water partition coefficient (Wildman–Crippen LogP) is 2.46. The highest BCUT2D eigenvalue weighted by Crippen LogP contribution is 2.35. The van der Waals surface area contributed by atoms with Crippen LogP contribution in [-0.4, -0.2) is 9.85 Å². The third-order valence-corrected chi connectivity index (χ3v) is 2.53. The Morgan fingerprint density at radius 2 is 1.62 bits per heavy atom. The molecule has 0 amide bonds. The Bertz CT molecular complexity index is 732. The minimum absolute atomic E-state index is 0.00963. The maximum absolute atomic E-state index is 10.9. The highest BCUT2D eigenvalue weighted by molar-refractivity contribution is 5.59. The van der Waals surface area contributed by atoms with Crippen LogP contribution < -0.4 is 16.2 Å². The van der Waals surface area contributed by atoms with Crippen LogP contribution in [0.3, 0.4) is 0 Å². The maximum Gasteiger partial charge on any atom is 0.311 e. The van der Waals surface area contributed by atoms with Crippen molar-refractivity contribution in [2.24, 2.45) is 0 Å². The summed E-state index contributed by atoms with van der Waals surface area (Å²) in [7, 11) is 0. The summed E-state index contributed by atoms with van der Waals surface area (Å²) < 4.78 is 5.32. The van der Waals surface area contributed by atoms with Crippen molar-refractivity contribution in [3.8, 4) is 11.5 Å². The molecule has 21 heavy (non-hydrogen) atoms. The first kappa shape index (κ1) is 14.1. The zero-order chi connectivity index (χ0) is 15.6. The lowest BCUT2D eigenvalue weighted by atomic mass is 10.2. The fourth-order valence-electron chi connectivity index (χ4n) is 1.66. The van der Waals surface area contributed by atoms with Gasteiger partial charge in [-0.3, -0.25) is 20.2 Å². The number of non-ortho nitro benzene ring substituents is 1. The Kier molecular flexibility index (Phi) is 3.57. The zero-order valence-corrected chi connectivity index (χ0v) is 10.6. The van der Waals surface area contributed by atoms with Crippen LogP contribution in [0.5, 0.6) is 11.5 Å². The molecule has 0 fully saturated rings. The van der Waals surface area contributed by atoms with Crippen molar-refractivity contribution < 1.29 is 14.6 Å². The summed E-state index contributed by atoms with van der Waals surface area (Å²) in [6, 6.07) is 7.38. The Hall–Kier alpha value is -3.36. The van der Waals surface area contributed by atoms with Crippen LogP contribution in [0.15, 0.2) is 36.4 Å². The van der Waals surface area contributed by atoms with E-state index in [0.717, 1.165) is 12.1 Å². The number of nitrogen functional groups attached to an aromatic ring is 2. The first-order valence-electron chi connectivity index (χ1n) is 5.63. The van der Waals surface area contributed by atoms with Gasteiger partial charge in [-0.05, 0) is 6.07 Å². The summed E-state index contributed by atoms with van der Waals surface area (Å²) in [5, 5.41) is 21.7. The third-order valence-electron chi connectivity index (χ3n) is 2.53. The van der Waals surface area contributed by atoms with Gasteiger partial charge in [0.1, 0.15) is 5.75 Å². The molecule has 0 aliphatic heterocycles. The summed E-state index contributed by atoms with van der Waals surface area (Å²) in [6.45, 7) is 0. The van der Waals surface area contributed by atoms with Crippen LogP contribution in [0.1, 0.15) is 0 Å². The van der Waals surface area contributed by atoms with Gasteiger partial charge in [-0.1, -0.05) is 0 Å². The molecule has 0 saturated heterocycles. The van der Waals surface area contributed by atoms with E-state index >= 15 is 0 Å². The number of ether oxygens (including phenoxy) is 1. The zero-order valence-electron chi connectivity index (χ0n) is 10.6. The van der Waals surface area contributed by atoms with Crippen LogP contribution in [0.2, 0.25) is 0 Å².